The van der Waals surface area contributed by atoms with E-state index >= 15 is 0 Å². The van der Waals surface area contributed by atoms with Gasteiger partial charge in [0.2, 0.25) is 5.13 Å². The van der Waals surface area contributed by atoms with Crippen molar-refractivity contribution in [2.45, 2.75) is 13.5 Å². The second kappa shape index (κ2) is 5.46. The zero-order valence-corrected chi connectivity index (χ0v) is 9.83. The summed E-state index contributed by atoms with van der Waals surface area (Å²) in [6, 6.07) is 8.02. The van der Waals surface area contributed by atoms with E-state index in [1.807, 2.05) is 25.1 Å². The minimum Gasteiger partial charge on any atom is -0.494 e. The van der Waals surface area contributed by atoms with Crippen LogP contribution in [0.15, 0.2) is 30.6 Å². The topological polar surface area (TPSA) is 47.0 Å². The van der Waals surface area contributed by atoms with Gasteiger partial charge in [0, 0.05) is 18.1 Å². The maximum absolute atomic E-state index is 5.43. The van der Waals surface area contributed by atoms with Gasteiger partial charge in [-0.25, -0.2) is 4.98 Å². The average molecular weight is 235 g/mol. The van der Waals surface area contributed by atoms with Gasteiger partial charge >= 0.3 is 0 Å². The van der Waals surface area contributed by atoms with E-state index in [0.717, 1.165) is 17.4 Å². The van der Waals surface area contributed by atoms with Gasteiger partial charge in [0.1, 0.15) is 12.1 Å². The lowest BCUT2D eigenvalue weighted by molar-refractivity contribution is 0.340. The van der Waals surface area contributed by atoms with Crippen molar-refractivity contribution >= 4 is 16.7 Å². The number of nitrogens with zero attached hydrogens (tertiary/aromatic N) is 2. The van der Waals surface area contributed by atoms with Crippen molar-refractivity contribution in [1.82, 2.24) is 9.36 Å². The average Bonchev–Trinajstić information content (AvgIpc) is 2.80. The van der Waals surface area contributed by atoms with Crippen LogP contribution < -0.4 is 10.1 Å². The van der Waals surface area contributed by atoms with E-state index in [9.17, 15) is 0 Å². The summed E-state index contributed by atoms with van der Waals surface area (Å²) in [7, 11) is 0. The standard InChI is InChI=1S/C11H13N3OS/c1-2-15-10-5-3-4-9(6-10)7-12-11-13-8-14-16-11/h3-6,8H,2,7H2,1H3,(H,12,13,14). The Balaban J connectivity index is 1.96. The van der Waals surface area contributed by atoms with E-state index in [1.54, 1.807) is 6.33 Å². The van der Waals surface area contributed by atoms with Crippen molar-refractivity contribution in [2.75, 3.05) is 11.9 Å². The van der Waals surface area contributed by atoms with Gasteiger partial charge in [0.15, 0.2) is 0 Å². The van der Waals surface area contributed by atoms with Crippen molar-refractivity contribution < 1.29 is 4.74 Å². The molecule has 1 aromatic carbocycles. The first-order valence-corrected chi connectivity index (χ1v) is 5.88. The van der Waals surface area contributed by atoms with Gasteiger partial charge in [-0.3, -0.25) is 0 Å². The van der Waals surface area contributed by atoms with Crippen LogP contribution in [0.25, 0.3) is 0 Å². The van der Waals surface area contributed by atoms with Gasteiger partial charge < -0.3 is 10.1 Å². The van der Waals surface area contributed by atoms with Gasteiger partial charge in [-0.1, -0.05) is 12.1 Å². The van der Waals surface area contributed by atoms with E-state index in [1.165, 1.54) is 17.1 Å². The minimum absolute atomic E-state index is 0.688. The number of ether oxygens (including phenoxy) is 1. The van der Waals surface area contributed by atoms with Crippen LogP contribution in [0, 0.1) is 0 Å². The Kier molecular flexibility index (Phi) is 3.71. The van der Waals surface area contributed by atoms with Crippen molar-refractivity contribution in [3.8, 4) is 5.75 Å². The summed E-state index contributed by atoms with van der Waals surface area (Å²) in [5.41, 5.74) is 1.17. The van der Waals surface area contributed by atoms with E-state index in [0.29, 0.717) is 6.61 Å². The van der Waals surface area contributed by atoms with Gasteiger partial charge in [-0.2, -0.15) is 4.37 Å². The molecule has 1 aromatic heterocycles. The third-order valence-corrected chi connectivity index (χ3v) is 2.64. The lowest BCUT2D eigenvalue weighted by Gasteiger charge is -2.06. The molecule has 1 N–H and O–H groups in total. The molecule has 0 saturated heterocycles. The first-order valence-electron chi connectivity index (χ1n) is 5.11. The Labute approximate surface area is 98.5 Å². The molecule has 0 saturated carbocycles. The van der Waals surface area contributed by atoms with Crippen LogP contribution in [0.2, 0.25) is 0 Å². The molecule has 16 heavy (non-hydrogen) atoms. The van der Waals surface area contributed by atoms with Gasteiger partial charge in [-0.15, -0.1) is 0 Å². The molecule has 0 radical (unpaired) electrons. The van der Waals surface area contributed by atoms with E-state index in [2.05, 4.69) is 20.7 Å². The molecule has 0 atom stereocenters. The summed E-state index contributed by atoms with van der Waals surface area (Å²) < 4.78 is 9.36. The van der Waals surface area contributed by atoms with Crippen molar-refractivity contribution in [1.29, 1.82) is 0 Å². The molecule has 5 heteroatoms. The normalized spacial score (nSPS) is 10.1. The second-order valence-corrected chi connectivity index (χ2v) is 3.96. The van der Waals surface area contributed by atoms with Crippen LogP contribution in [-0.4, -0.2) is 16.0 Å². The molecule has 0 aliphatic rings. The first-order chi connectivity index (χ1) is 7.88. The Morgan fingerprint density at radius 2 is 2.38 bits per heavy atom. The highest BCUT2D eigenvalue weighted by Crippen LogP contribution is 2.15. The highest BCUT2D eigenvalue weighted by atomic mass is 32.1. The molecular formula is C11H13N3OS. The van der Waals surface area contributed by atoms with Crippen molar-refractivity contribution in [3.63, 3.8) is 0 Å². The predicted octanol–water partition coefficient (Wildman–Crippen LogP) is 2.55. The fraction of sp³-hybridized carbons (Fsp3) is 0.273. The molecule has 0 bridgehead atoms. The van der Waals surface area contributed by atoms with E-state index in [-0.39, 0.29) is 0 Å². The third-order valence-electron chi connectivity index (χ3n) is 2.01. The Hall–Kier alpha value is -1.62. The molecule has 2 rings (SSSR count). The summed E-state index contributed by atoms with van der Waals surface area (Å²) in [5.74, 6) is 0.902. The summed E-state index contributed by atoms with van der Waals surface area (Å²) >= 11 is 1.35. The molecule has 0 unspecified atom stereocenters. The van der Waals surface area contributed by atoms with Crippen molar-refractivity contribution in [3.05, 3.63) is 36.2 Å². The van der Waals surface area contributed by atoms with Gasteiger partial charge in [-0.05, 0) is 24.6 Å². The summed E-state index contributed by atoms with van der Waals surface area (Å²) in [5, 5.41) is 4.03. The lowest BCUT2D eigenvalue weighted by Crippen LogP contribution is -1.99. The highest BCUT2D eigenvalue weighted by Gasteiger charge is 1.98. The fourth-order valence-electron chi connectivity index (χ4n) is 1.34. The summed E-state index contributed by atoms with van der Waals surface area (Å²) in [6.45, 7) is 3.40. The maximum atomic E-state index is 5.43. The van der Waals surface area contributed by atoms with Gasteiger partial charge in [0.25, 0.3) is 0 Å². The lowest BCUT2D eigenvalue weighted by atomic mass is 10.2. The number of hydrogen-bond donors (Lipinski definition) is 1. The summed E-state index contributed by atoms with van der Waals surface area (Å²) in [6.07, 6.45) is 1.55. The molecule has 0 amide bonds. The van der Waals surface area contributed by atoms with Crippen LogP contribution in [0.5, 0.6) is 5.75 Å². The maximum Gasteiger partial charge on any atom is 0.202 e. The van der Waals surface area contributed by atoms with Crippen LogP contribution in [0.1, 0.15) is 12.5 Å². The van der Waals surface area contributed by atoms with Gasteiger partial charge in [0.05, 0.1) is 6.61 Å². The number of rotatable bonds is 5. The number of nitrogens with one attached hydrogen (secondary N) is 1. The van der Waals surface area contributed by atoms with Crippen LogP contribution in [0.4, 0.5) is 5.13 Å². The number of hydrogen-bond acceptors (Lipinski definition) is 5. The van der Waals surface area contributed by atoms with Crippen LogP contribution in [0.3, 0.4) is 0 Å². The number of benzene rings is 1. The van der Waals surface area contributed by atoms with Crippen LogP contribution in [-0.2, 0) is 6.54 Å². The molecule has 1 heterocycles. The SMILES string of the molecule is CCOc1cccc(CNc2ncns2)c1. The fourth-order valence-corrected chi connectivity index (χ4v) is 1.77. The molecule has 2 aromatic rings. The predicted molar refractivity (Wildman–Crippen MR) is 64.8 cm³/mol. The zero-order valence-electron chi connectivity index (χ0n) is 9.01. The van der Waals surface area contributed by atoms with E-state index < -0.39 is 0 Å². The minimum atomic E-state index is 0.688. The Morgan fingerprint density at radius 1 is 1.44 bits per heavy atom. The second-order valence-electron chi connectivity index (χ2n) is 3.18. The van der Waals surface area contributed by atoms with Crippen molar-refractivity contribution in [2.24, 2.45) is 0 Å². The number of anilines is 1. The van der Waals surface area contributed by atoms with E-state index in [4.69, 9.17) is 4.74 Å². The highest BCUT2D eigenvalue weighted by molar-refractivity contribution is 7.09. The number of aromatic nitrogens is 2. The molecule has 0 fully saturated rings. The van der Waals surface area contributed by atoms with Crippen LogP contribution >= 0.6 is 11.5 Å². The molecule has 0 aliphatic carbocycles. The molecule has 0 spiro atoms. The Morgan fingerprint density at radius 3 is 3.12 bits per heavy atom. The molecular weight excluding hydrogens is 222 g/mol. The third kappa shape index (κ3) is 2.93. The summed E-state index contributed by atoms with van der Waals surface area (Å²) in [4.78, 5) is 4.06. The smallest absolute Gasteiger partial charge is 0.202 e. The molecule has 4 nitrogen and oxygen atoms in total. The quantitative estimate of drug-likeness (QED) is 0.865. The monoisotopic (exact) mass is 235 g/mol. The molecule has 84 valence electrons. The largest absolute Gasteiger partial charge is 0.494 e. The first kappa shape index (κ1) is 10.9. The zero-order chi connectivity index (χ0) is 11.2. The molecule has 0 aliphatic heterocycles. The Bertz CT molecular complexity index is 431.